The van der Waals surface area contributed by atoms with Gasteiger partial charge in [0.05, 0.1) is 17.3 Å². The zero-order valence-electron chi connectivity index (χ0n) is 11.5. The number of rotatable bonds is 1. The Morgan fingerprint density at radius 3 is 1.92 bits per heavy atom. The molecule has 0 aliphatic rings. The summed E-state index contributed by atoms with van der Waals surface area (Å²) in [4.78, 5) is 3.92. The quantitative estimate of drug-likeness (QED) is 0.513. The van der Waals surface area contributed by atoms with Crippen LogP contribution in [0.15, 0.2) is 24.5 Å². The third-order valence-electron chi connectivity index (χ3n) is 2.98. The molecule has 2 aromatic heterocycles. The molecule has 1 N–H and O–H groups in total. The summed E-state index contributed by atoms with van der Waals surface area (Å²) < 4.78 is 0.807. The van der Waals surface area contributed by atoms with Crippen molar-refractivity contribution in [1.29, 1.82) is 0 Å². The van der Waals surface area contributed by atoms with Crippen LogP contribution in [0.3, 0.4) is 0 Å². The third kappa shape index (κ3) is 7.95. The highest BCUT2D eigenvalue weighted by Gasteiger charge is 2.05. The van der Waals surface area contributed by atoms with Crippen LogP contribution in [-0.2, 0) is 6.61 Å². The van der Waals surface area contributed by atoms with Gasteiger partial charge < -0.3 is 10.3 Å². The molecule has 0 aliphatic heterocycles. The largest absolute Gasteiger partial charge is 0.619 e. The van der Waals surface area contributed by atoms with Gasteiger partial charge in [-0.3, -0.25) is 4.98 Å². The van der Waals surface area contributed by atoms with E-state index in [-0.39, 0.29) is 36.3 Å². The highest BCUT2D eigenvalue weighted by molar-refractivity contribution is 6.31. The van der Waals surface area contributed by atoms with E-state index in [0.717, 1.165) is 15.9 Å². The molecule has 0 aliphatic carbocycles. The molecule has 0 saturated carbocycles. The maximum Gasteiger partial charge on any atom is 0.194 e. The molecule has 0 fully saturated rings. The predicted molar refractivity (Wildman–Crippen MR) is 107 cm³/mol. The van der Waals surface area contributed by atoms with Crippen LogP contribution in [0.4, 0.5) is 0 Å². The molecular formula is C18H32Cl2N2O2. The fraction of sp³-hybridized carbons (Fsp3) is 0.444. The average Bonchev–Trinajstić information content (AvgIpc) is 2.44. The van der Waals surface area contributed by atoms with Gasteiger partial charge in [0.25, 0.3) is 0 Å². The van der Waals surface area contributed by atoms with Crippen LogP contribution in [0.5, 0.6) is 0 Å². The van der Waals surface area contributed by atoms with E-state index in [1.807, 2.05) is 13.8 Å². The predicted octanol–water partition coefficient (Wildman–Crippen LogP) is 5.67. The Kier molecular flexibility index (Phi) is 17.8. The van der Waals surface area contributed by atoms with E-state index in [1.165, 1.54) is 6.20 Å². The number of hydrogen-bond donors (Lipinski definition) is 1. The van der Waals surface area contributed by atoms with E-state index < -0.39 is 0 Å². The first kappa shape index (κ1) is 30.5. The molecule has 0 atom stereocenters. The van der Waals surface area contributed by atoms with Crippen molar-refractivity contribution in [2.75, 3.05) is 0 Å². The van der Waals surface area contributed by atoms with E-state index in [4.69, 9.17) is 28.3 Å². The minimum atomic E-state index is -0.0492. The molecule has 0 aromatic carbocycles. The zero-order valence-corrected chi connectivity index (χ0v) is 13.0. The molecule has 0 saturated heterocycles. The van der Waals surface area contributed by atoms with Crippen LogP contribution in [0.1, 0.15) is 52.2 Å². The lowest BCUT2D eigenvalue weighted by Gasteiger charge is -2.02. The summed E-state index contributed by atoms with van der Waals surface area (Å²) >= 11 is 11.5. The van der Waals surface area contributed by atoms with Gasteiger partial charge in [-0.05, 0) is 25.5 Å². The molecular weight excluding hydrogens is 347 g/mol. The van der Waals surface area contributed by atoms with E-state index in [2.05, 4.69) is 4.98 Å². The summed E-state index contributed by atoms with van der Waals surface area (Å²) in [7, 11) is 0. The Morgan fingerprint density at radius 2 is 1.50 bits per heavy atom. The number of aliphatic hydroxyl groups is 1. The molecule has 6 heteroatoms. The molecule has 4 nitrogen and oxygen atoms in total. The normalized spacial score (nSPS) is 8.25. The number of pyridine rings is 2. The fourth-order valence-electron chi connectivity index (χ4n) is 1.42. The lowest BCUT2D eigenvalue weighted by atomic mass is 10.2. The topological polar surface area (TPSA) is 60.1 Å². The zero-order chi connectivity index (χ0) is 15.3. The van der Waals surface area contributed by atoms with Gasteiger partial charge >= 0.3 is 0 Å². The molecule has 0 radical (unpaired) electrons. The van der Waals surface area contributed by atoms with E-state index in [9.17, 15) is 5.21 Å². The van der Waals surface area contributed by atoms with Gasteiger partial charge in [-0.15, -0.1) is 0 Å². The van der Waals surface area contributed by atoms with Crippen molar-refractivity contribution in [2.24, 2.45) is 0 Å². The monoisotopic (exact) mass is 378 g/mol. The molecule has 0 unspecified atom stereocenters. The van der Waals surface area contributed by atoms with Gasteiger partial charge in [0.15, 0.2) is 11.9 Å². The summed E-state index contributed by atoms with van der Waals surface area (Å²) in [6.45, 7) is 5.35. The average molecular weight is 379 g/mol. The Labute approximate surface area is 157 Å². The molecule has 0 amide bonds. The second kappa shape index (κ2) is 14.0. The molecule has 0 bridgehead atoms. The van der Waals surface area contributed by atoms with E-state index >= 15 is 0 Å². The van der Waals surface area contributed by atoms with Crippen molar-refractivity contribution in [3.63, 3.8) is 0 Å². The highest BCUT2D eigenvalue weighted by atomic mass is 35.5. The minimum Gasteiger partial charge on any atom is -0.619 e. The van der Waals surface area contributed by atoms with Crippen molar-refractivity contribution in [3.05, 3.63) is 62.3 Å². The molecule has 0 spiro atoms. The second-order valence-electron chi connectivity index (χ2n) is 4.22. The molecule has 24 heavy (non-hydrogen) atoms. The van der Waals surface area contributed by atoms with Gasteiger partial charge in [-0.1, -0.05) is 52.9 Å². The van der Waals surface area contributed by atoms with E-state index in [1.54, 1.807) is 25.3 Å². The molecule has 2 aromatic rings. The second-order valence-corrected chi connectivity index (χ2v) is 5.04. The van der Waals surface area contributed by atoms with Gasteiger partial charge in [-0.2, -0.15) is 4.73 Å². The first-order valence-electron chi connectivity index (χ1n) is 5.94. The Bertz CT molecular complexity index is 579. The summed E-state index contributed by atoms with van der Waals surface area (Å²) in [6.07, 6.45) is 2.99. The van der Waals surface area contributed by atoms with Crippen molar-refractivity contribution in [1.82, 2.24) is 4.98 Å². The highest BCUT2D eigenvalue weighted by Crippen LogP contribution is 2.16. The van der Waals surface area contributed by atoms with Crippen molar-refractivity contribution in [3.8, 4) is 0 Å². The van der Waals surface area contributed by atoms with Crippen LogP contribution >= 0.6 is 23.2 Å². The number of hydrogen-bond acceptors (Lipinski definition) is 3. The fourth-order valence-corrected chi connectivity index (χ4v) is 1.78. The van der Waals surface area contributed by atoms with Crippen molar-refractivity contribution < 1.29 is 9.84 Å². The van der Waals surface area contributed by atoms with Gasteiger partial charge in [-0.25, -0.2) is 0 Å². The number of nitrogens with zero attached hydrogens (tertiary/aromatic N) is 2. The summed E-state index contributed by atoms with van der Waals surface area (Å²) in [5, 5.41) is 20.9. The van der Waals surface area contributed by atoms with Gasteiger partial charge in [0.2, 0.25) is 0 Å². The Balaban J connectivity index is -0.000000143. The summed E-state index contributed by atoms with van der Waals surface area (Å²) in [5.74, 6) is 0. The standard InChI is InChI=1S/2C7H8ClNO.4CH4/c1-5-6(2)9(10)4-3-7(5)8;1-5-6(8)2-3-9-7(5)4-10;;;;/h3-4H,1-2H3;2-3,10H,4H2,1H3;4*1H4. The van der Waals surface area contributed by atoms with Crippen LogP contribution < -0.4 is 4.73 Å². The first-order chi connectivity index (χ1) is 9.38. The summed E-state index contributed by atoms with van der Waals surface area (Å²) in [6, 6.07) is 3.30. The molecule has 140 valence electrons. The smallest absolute Gasteiger partial charge is 0.194 e. The minimum absolute atomic E-state index is 0. The third-order valence-corrected chi connectivity index (χ3v) is 3.80. The van der Waals surface area contributed by atoms with Crippen molar-refractivity contribution in [2.45, 2.75) is 57.1 Å². The van der Waals surface area contributed by atoms with Crippen LogP contribution in [0.2, 0.25) is 10.0 Å². The molecule has 2 heterocycles. The maximum atomic E-state index is 10.9. The van der Waals surface area contributed by atoms with Gasteiger partial charge in [0, 0.05) is 29.8 Å². The lowest BCUT2D eigenvalue weighted by molar-refractivity contribution is -0.612. The summed E-state index contributed by atoms with van der Waals surface area (Å²) in [5.41, 5.74) is 3.01. The number of halogens is 2. The Hall–Kier alpha value is -1.36. The van der Waals surface area contributed by atoms with Gasteiger partial charge in [0.1, 0.15) is 0 Å². The lowest BCUT2D eigenvalue weighted by Crippen LogP contribution is -2.30. The number of aromatic nitrogens is 2. The Morgan fingerprint density at radius 1 is 1.00 bits per heavy atom. The number of aliphatic hydroxyl groups excluding tert-OH is 1. The molecule has 2 rings (SSSR count). The van der Waals surface area contributed by atoms with E-state index in [0.29, 0.717) is 21.4 Å². The van der Waals surface area contributed by atoms with Crippen molar-refractivity contribution >= 4 is 23.2 Å². The van der Waals surface area contributed by atoms with Crippen LogP contribution in [-0.4, -0.2) is 10.1 Å². The SMILES string of the molecule is C.C.C.C.Cc1c(Cl)cc[n+]([O-])c1C.Cc1c(Cl)ccnc1CO. The first-order valence-corrected chi connectivity index (χ1v) is 6.69. The maximum absolute atomic E-state index is 10.9. The van der Waals surface area contributed by atoms with Crippen LogP contribution in [0.25, 0.3) is 0 Å². The van der Waals surface area contributed by atoms with Crippen LogP contribution in [0, 0.1) is 26.0 Å².